The number of rotatable bonds is 6. The largest absolute Gasteiger partial charge is 0.371 e. The van der Waals surface area contributed by atoms with Gasteiger partial charge in [-0.1, -0.05) is 11.3 Å². The fraction of sp³-hybridized carbons (Fsp3) is 0.400. The van der Waals surface area contributed by atoms with Crippen LogP contribution < -0.4 is 14.9 Å². The number of aromatic nitrogens is 2. The molecule has 0 aliphatic carbocycles. The fourth-order valence-corrected chi connectivity index (χ4v) is 4.80. The monoisotopic (exact) mass is 399 g/mol. The van der Waals surface area contributed by atoms with Crippen LogP contribution in [-0.2, 0) is 14.8 Å². The topological polar surface area (TPSA) is 104 Å². The van der Waals surface area contributed by atoms with Crippen molar-refractivity contribution in [2.45, 2.75) is 17.7 Å². The molecule has 1 saturated heterocycles. The van der Waals surface area contributed by atoms with Crippen LogP contribution in [-0.4, -0.2) is 44.2 Å². The van der Waals surface area contributed by atoms with Crippen LogP contribution in [0.2, 0.25) is 0 Å². The van der Waals surface area contributed by atoms with Gasteiger partial charge in [-0.15, -0.1) is 10.2 Å². The molecule has 1 aromatic heterocycles. The minimum Gasteiger partial charge on any atom is -0.371 e. The molecule has 1 aliphatic heterocycles. The summed E-state index contributed by atoms with van der Waals surface area (Å²) in [7, 11) is -3.77. The Bertz CT molecular complexity index is 885. The van der Waals surface area contributed by atoms with E-state index in [-0.39, 0.29) is 33.7 Å². The minimum atomic E-state index is -3.77. The number of carbonyl (C=O) groups is 1. The second kappa shape index (κ2) is 7.64. The molecule has 8 nitrogen and oxygen atoms in total. The lowest BCUT2D eigenvalue weighted by Crippen LogP contribution is -2.31. The highest BCUT2D eigenvalue weighted by molar-refractivity contribution is 7.91. The molecule has 2 heterocycles. The van der Waals surface area contributed by atoms with Gasteiger partial charge in [-0.3, -0.25) is 4.79 Å². The third-order valence-corrected chi connectivity index (χ3v) is 6.59. The molecule has 140 valence electrons. The summed E-state index contributed by atoms with van der Waals surface area (Å²) in [6, 6.07) is 6.25. The number of hydrogen-bond acceptors (Lipinski definition) is 7. The van der Waals surface area contributed by atoms with Gasteiger partial charge in [0.05, 0.1) is 0 Å². The smallest absolute Gasteiger partial charge is 0.269 e. The van der Waals surface area contributed by atoms with Crippen molar-refractivity contribution in [3.8, 4) is 0 Å². The number of amides is 1. The maximum Gasteiger partial charge on any atom is 0.269 e. The van der Waals surface area contributed by atoms with Crippen molar-refractivity contribution in [2.24, 2.45) is 5.92 Å². The zero-order valence-corrected chi connectivity index (χ0v) is 15.6. The van der Waals surface area contributed by atoms with Crippen LogP contribution in [0.1, 0.15) is 13.3 Å². The first-order valence-corrected chi connectivity index (χ1v) is 10.2. The quantitative estimate of drug-likeness (QED) is 0.713. The number of nitrogens with one attached hydrogen (secondary N) is 2. The molecule has 11 heteroatoms. The van der Waals surface area contributed by atoms with E-state index in [1.807, 2.05) is 0 Å². The molecule has 2 aromatic rings. The van der Waals surface area contributed by atoms with Crippen LogP contribution in [0.15, 0.2) is 28.6 Å². The van der Waals surface area contributed by atoms with E-state index < -0.39 is 10.0 Å². The average molecular weight is 399 g/mol. The third-order valence-electron chi connectivity index (χ3n) is 3.96. The minimum absolute atomic E-state index is 0.137. The molecule has 1 fully saturated rings. The molecule has 1 amide bonds. The summed E-state index contributed by atoms with van der Waals surface area (Å²) >= 11 is 0.799. The first-order chi connectivity index (χ1) is 12.3. The molecule has 0 saturated carbocycles. The van der Waals surface area contributed by atoms with Gasteiger partial charge in [-0.05, 0) is 36.6 Å². The summed E-state index contributed by atoms with van der Waals surface area (Å²) in [5.74, 6) is -0.490. The first kappa shape index (κ1) is 18.7. The number of sulfonamides is 1. The van der Waals surface area contributed by atoms with Gasteiger partial charge in [0, 0.05) is 32.2 Å². The van der Waals surface area contributed by atoms with Crippen molar-refractivity contribution in [1.29, 1.82) is 0 Å². The predicted octanol–water partition coefficient (Wildman–Crippen LogP) is 1.44. The van der Waals surface area contributed by atoms with Crippen LogP contribution >= 0.6 is 11.3 Å². The van der Waals surface area contributed by atoms with Crippen LogP contribution in [0.5, 0.6) is 0 Å². The Morgan fingerprint density at radius 2 is 2.08 bits per heavy atom. The Morgan fingerprint density at radius 3 is 2.77 bits per heavy atom. The second-order valence-corrected chi connectivity index (χ2v) is 8.90. The molecule has 0 bridgehead atoms. The number of nitrogens with zero attached hydrogens (tertiary/aromatic N) is 3. The van der Waals surface area contributed by atoms with Crippen molar-refractivity contribution in [3.63, 3.8) is 0 Å². The summed E-state index contributed by atoms with van der Waals surface area (Å²) in [6.45, 7) is 3.04. The molecule has 26 heavy (non-hydrogen) atoms. The maximum atomic E-state index is 13.0. The fourth-order valence-electron chi connectivity index (χ4n) is 2.69. The Morgan fingerprint density at radius 1 is 1.35 bits per heavy atom. The third kappa shape index (κ3) is 4.54. The van der Waals surface area contributed by atoms with E-state index in [1.165, 1.54) is 19.1 Å². The summed E-state index contributed by atoms with van der Waals surface area (Å²) in [4.78, 5) is 13.1. The molecule has 1 aromatic carbocycles. The van der Waals surface area contributed by atoms with E-state index in [1.54, 1.807) is 12.1 Å². The zero-order chi connectivity index (χ0) is 18.7. The van der Waals surface area contributed by atoms with Gasteiger partial charge in [-0.2, -0.15) is 0 Å². The Balaban J connectivity index is 1.56. The summed E-state index contributed by atoms with van der Waals surface area (Å²) in [6.07, 6.45) is 0.827. The van der Waals surface area contributed by atoms with Gasteiger partial charge in [0.1, 0.15) is 5.82 Å². The molecule has 2 N–H and O–H groups in total. The van der Waals surface area contributed by atoms with E-state index in [4.69, 9.17) is 0 Å². The highest BCUT2D eigenvalue weighted by atomic mass is 32.2. The van der Waals surface area contributed by atoms with Crippen molar-refractivity contribution >= 4 is 38.1 Å². The lowest BCUT2D eigenvalue weighted by atomic mass is 10.1. The molecule has 0 spiro atoms. The van der Waals surface area contributed by atoms with Crippen LogP contribution in [0, 0.1) is 11.7 Å². The van der Waals surface area contributed by atoms with Gasteiger partial charge < -0.3 is 10.2 Å². The Kier molecular flexibility index (Phi) is 5.49. The first-order valence-electron chi connectivity index (χ1n) is 7.95. The molecule has 1 aliphatic rings. The lowest BCUT2D eigenvalue weighted by Gasteiger charge is -2.18. The van der Waals surface area contributed by atoms with Gasteiger partial charge in [-0.25, -0.2) is 17.5 Å². The van der Waals surface area contributed by atoms with E-state index in [0.29, 0.717) is 6.54 Å². The van der Waals surface area contributed by atoms with Crippen molar-refractivity contribution in [2.75, 3.05) is 29.9 Å². The Hall–Kier alpha value is -2.11. The SMILES string of the molecule is CC(=O)Nc1nnc(S(=O)(=O)NCC2CCN(c3ccc(F)cc3)C2)s1. The van der Waals surface area contributed by atoms with Gasteiger partial charge in [0.2, 0.25) is 15.4 Å². The molecular weight excluding hydrogens is 381 g/mol. The van der Waals surface area contributed by atoms with E-state index in [0.717, 1.165) is 30.0 Å². The number of hydrogen-bond donors (Lipinski definition) is 2. The summed E-state index contributed by atoms with van der Waals surface area (Å²) in [5.41, 5.74) is 0.917. The highest BCUT2D eigenvalue weighted by Gasteiger charge is 2.26. The van der Waals surface area contributed by atoms with Crippen molar-refractivity contribution in [1.82, 2.24) is 14.9 Å². The lowest BCUT2D eigenvalue weighted by molar-refractivity contribution is -0.114. The van der Waals surface area contributed by atoms with Crippen LogP contribution in [0.4, 0.5) is 15.2 Å². The van der Waals surface area contributed by atoms with Gasteiger partial charge >= 0.3 is 0 Å². The summed E-state index contributed by atoms with van der Waals surface area (Å²) < 4.78 is 40.0. The predicted molar refractivity (Wildman–Crippen MR) is 96.1 cm³/mol. The number of anilines is 2. The molecule has 0 radical (unpaired) electrons. The molecular formula is C15H18FN5O3S2. The highest BCUT2D eigenvalue weighted by Crippen LogP contribution is 2.24. The Labute approximate surface area is 154 Å². The van der Waals surface area contributed by atoms with Crippen molar-refractivity contribution in [3.05, 3.63) is 30.1 Å². The molecule has 3 rings (SSSR count). The molecule has 1 unspecified atom stereocenters. The zero-order valence-electron chi connectivity index (χ0n) is 14.0. The average Bonchev–Trinajstić information content (AvgIpc) is 3.23. The maximum absolute atomic E-state index is 13.0. The van der Waals surface area contributed by atoms with Crippen LogP contribution in [0.25, 0.3) is 0 Å². The van der Waals surface area contributed by atoms with Gasteiger partial charge in [0.15, 0.2) is 0 Å². The standard InChI is InChI=1S/C15H18FN5O3S2/c1-10(22)18-14-19-20-15(25-14)26(23,24)17-8-11-6-7-21(9-11)13-4-2-12(16)3-5-13/h2-5,11,17H,6-9H2,1H3,(H,18,19,22). The normalized spacial score (nSPS) is 17.5. The van der Waals surface area contributed by atoms with E-state index in [9.17, 15) is 17.6 Å². The summed E-state index contributed by atoms with van der Waals surface area (Å²) in [5, 5.41) is 9.80. The molecule has 1 atom stereocenters. The van der Waals surface area contributed by atoms with Gasteiger partial charge in [0.25, 0.3) is 10.0 Å². The van der Waals surface area contributed by atoms with E-state index in [2.05, 4.69) is 25.1 Å². The second-order valence-electron chi connectivity index (χ2n) is 5.98. The number of carbonyl (C=O) groups excluding carboxylic acids is 1. The van der Waals surface area contributed by atoms with Crippen LogP contribution in [0.3, 0.4) is 0 Å². The van der Waals surface area contributed by atoms with Crippen molar-refractivity contribution < 1.29 is 17.6 Å². The number of benzene rings is 1. The number of halogens is 1. The van der Waals surface area contributed by atoms with E-state index >= 15 is 0 Å².